The predicted molar refractivity (Wildman–Crippen MR) is 105 cm³/mol. The van der Waals surface area contributed by atoms with Gasteiger partial charge >= 0.3 is 0 Å². The normalized spacial score (nSPS) is 12.9. The van der Waals surface area contributed by atoms with Crippen molar-refractivity contribution in [3.8, 4) is 11.3 Å². The first-order valence-electron chi connectivity index (χ1n) is 7.57. The second kappa shape index (κ2) is 6.60. The maximum atomic E-state index is 12.5. The third-order valence-corrected chi connectivity index (χ3v) is 5.75. The highest BCUT2D eigenvalue weighted by Crippen LogP contribution is 2.30. The second-order valence-corrected chi connectivity index (χ2v) is 7.69. The molecule has 1 aliphatic rings. The van der Waals surface area contributed by atoms with Gasteiger partial charge < -0.3 is 9.88 Å². The highest BCUT2D eigenvalue weighted by atomic mass is 127. The van der Waals surface area contributed by atoms with Crippen LogP contribution in [0.25, 0.3) is 11.3 Å². The van der Waals surface area contributed by atoms with Crippen molar-refractivity contribution in [2.75, 3.05) is 11.1 Å². The smallest absolute Gasteiger partial charge is 0.256 e. The summed E-state index contributed by atoms with van der Waals surface area (Å²) in [5.41, 5.74) is 3.42. The summed E-state index contributed by atoms with van der Waals surface area (Å²) >= 11 is 3.95. The van der Waals surface area contributed by atoms with E-state index in [2.05, 4.69) is 43.7 Å². The molecule has 1 N–H and O–H groups in total. The molecule has 4 nitrogen and oxygen atoms in total. The van der Waals surface area contributed by atoms with E-state index in [1.807, 2.05) is 48.5 Å². The molecule has 24 heavy (non-hydrogen) atoms. The average Bonchev–Trinajstić information content (AvgIpc) is 3.17. The lowest BCUT2D eigenvalue weighted by Gasteiger charge is -2.08. The molecule has 1 amide bonds. The summed E-state index contributed by atoms with van der Waals surface area (Å²) in [7, 11) is 0. The number of nitrogens with one attached hydrogen (secondary N) is 1. The Morgan fingerprint density at radius 3 is 2.92 bits per heavy atom. The Labute approximate surface area is 157 Å². The number of fused-ring (bicyclic) bond motifs is 1. The number of carbonyl (C=O) groups excluding carboxylic acids is 1. The number of nitrogens with zero attached hydrogens (tertiary/aromatic N) is 2. The number of hydrogen-bond acceptors (Lipinski definition) is 3. The summed E-state index contributed by atoms with van der Waals surface area (Å²) < 4.78 is 3.11. The summed E-state index contributed by atoms with van der Waals surface area (Å²) in [4.78, 5) is 17.1. The minimum atomic E-state index is -0.0972. The third-order valence-electron chi connectivity index (χ3n) is 3.84. The standard InChI is InChI=1S/C18H14IN3OS/c19-15-7-2-1-6-14(15)17(23)20-13-5-3-4-12(10-13)16-11-22-8-9-24-18(22)21-16/h1-7,10-11H,8-9H2,(H,20,23). The van der Waals surface area contributed by atoms with Crippen molar-refractivity contribution >= 4 is 45.9 Å². The van der Waals surface area contributed by atoms with Gasteiger partial charge in [0.15, 0.2) is 5.16 Å². The third kappa shape index (κ3) is 3.08. The van der Waals surface area contributed by atoms with Crippen molar-refractivity contribution in [3.63, 3.8) is 0 Å². The number of carbonyl (C=O) groups is 1. The van der Waals surface area contributed by atoms with Gasteiger partial charge in [-0.15, -0.1) is 0 Å². The number of imidazole rings is 1. The van der Waals surface area contributed by atoms with Crippen LogP contribution in [0.5, 0.6) is 0 Å². The first-order valence-corrected chi connectivity index (χ1v) is 9.63. The molecule has 3 aromatic rings. The van der Waals surface area contributed by atoms with Crippen molar-refractivity contribution in [1.82, 2.24) is 9.55 Å². The van der Waals surface area contributed by atoms with E-state index in [0.29, 0.717) is 5.56 Å². The van der Waals surface area contributed by atoms with E-state index in [0.717, 1.165) is 38.0 Å². The Bertz CT molecular complexity index is 901. The monoisotopic (exact) mass is 447 g/mol. The number of halogens is 1. The number of amides is 1. The Hall–Kier alpha value is -1.80. The minimum absolute atomic E-state index is 0.0972. The van der Waals surface area contributed by atoms with Crippen LogP contribution in [-0.2, 0) is 6.54 Å². The van der Waals surface area contributed by atoms with Crippen molar-refractivity contribution in [1.29, 1.82) is 0 Å². The fraction of sp³-hybridized carbons (Fsp3) is 0.111. The predicted octanol–water partition coefficient (Wildman–Crippen LogP) is 4.51. The van der Waals surface area contributed by atoms with Crippen LogP contribution in [-0.4, -0.2) is 21.2 Å². The van der Waals surface area contributed by atoms with Crippen molar-refractivity contribution in [2.45, 2.75) is 11.7 Å². The average molecular weight is 447 g/mol. The van der Waals surface area contributed by atoms with Gasteiger partial charge in [0.25, 0.3) is 5.91 Å². The molecule has 6 heteroatoms. The zero-order valence-corrected chi connectivity index (χ0v) is 15.7. The fourth-order valence-electron chi connectivity index (χ4n) is 2.65. The van der Waals surface area contributed by atoms with Gasteiger partial charge in [-0.25, -0.2) is 4.98 Å². The number of aryl methyl sites for hydroxylation is 1. The molecule has 4 rings (SSSR count). The molecule has 1 aromatic heterocycles. The number of anilines is 1. The van der Waals surface area contributed by atoms with E-state index < -0.39 is 0 Å². The molecule has 1 aliphatic heterocycles. The van der Waals surface area contributed by atoms with Gasteiger partial charge in [-0.2, -0.15) is 0 Å². The Morgan fingerprint density at radius 1 is 1.21 bits per heavy atom. The topological polar surface area (TPSA) is 46.9 Å². The molecular weight excluding hydrogens is 433 g/mol. The zero-order valence-electron chi connectivity index (χ0n) is 12.7. The van der Waals surface area contributed by atoms with E-state index in [1.54, 1.807) is 11.8 Å². The molecule has 120 valence electrons. The molecule has 0 atom stereocenters. The van der Waals surface area contributed by atoms with Gasteiger partial charge in [0.1, 0.15) is 0 Å². The Balaban J connectivity index is 1.58. The van der Waals surface area contributed by atoms with Gasteiger partial charge in [0, 0.05) is 33.3 Å². The number of rotatable bonds is 3. The lowest BCUT2D eigenvalue weighted by atomic mass is 10.1. The molecular formula is C18H14IN3OS. The highest BCUT2D eigenvalue weighted by Gasteiger charge is 2.16. The number of hydrogen-bond donors (Lipinski definition) is 1. The van der Waals surface area contributed by atoms with E-state index in [-0.39, 0.29) is 5.91 Å². The van der Waals surface area contributed by atoms with Crippen molar-refractivity contribution < 1.29 is 4.79 Å². The molecule has 0 saturated carbocycles. The summed E-state index contributed by atoms with van der Waals surface area (Å²) in [5, 5.41) is 4.04. The van der Waals surface area contributed by atoms with Crippen LogP contribution in [0, 0.1) is 3.57 Å². The fourth-order valence-corrected chi connectivity index (χ4v) is 4.22. The van der Waals surface area contributed by atoms with E-state index in [4.69, 9.17) is 0 Å². The zero-order chi connectivity index (χ0) is 16.5. The van der Waals surface area contributed by atoms with Crippen LogP contribution < -0.4 is 5.32 Å². The van der Waals surface area contributed by atoms with Crippen LogP contribution in [0.4, 0.5) is 5.69 Å². The summed E-state index contributed by atoms with van der Waals surface area (Å²) in [5.74, 6) is 0.995. The van der Waals surface area contributed by atoms with Gasteiger partial charge in [-0.1, -0.05) is 36.0 Å². The lowest BCUT2D eigenvalue weighted by molar-refractivity contribution is 0.102. The first kappa shape index (κ1) is 15.7. The van der Waals surface area contributed by atoms with E-state index in [1.165, 1.54) is 0 Å². The van der Waals surface area contributed by atoms with Crippen LogP contribution >= 0.6 is 34.4 Å². The molecule has 0 spiro atoms. The molecule has 0 bridgehead atoms. The SMILES string of the molecule is O=C(Nc1cccc(-c2cn3c(n2)SCC3)c1)c1ccccc1I. The second-order valence-electron chi connectivity index (χ2n) is 5.47. The maximum absolute atomic E-state index is 12.5. The Kier molecular flexibility index (Phi) is 4.32. The van der Waals surface area contributed by atoms with Gasteiger partial charge in [-0.3, -0.25) is 4.79 Å². The number of benzene rings is 2. The molecule has 2 heterocycles. The maximum Gasteiger partial charge on any atom is 0.256 e. The molecule has 0 radical (unpaired) electrons. The van der Waals surface area contributed by atoms with Gasteiger partial charge in [0.2, 0.25) is 0 Å². The molecule has 0 saturated heterocycles. The van der Waals surface area contributed by atoms with Gasteiger partial charge in [-0.05, 0) is 46.9 Å². The van der Waals surface area contributed by atoms with Gasteiger partial charge in [0.05, 0.1) is 11.3 Å². The molecule has 0 aliphatic carbocycles. The summed E-state index contributed by atoms with van der Waals surface area (Å²) in [6.45, 7) is 1.01. The quantitative estimate of drug-likeness (QED) is 0.601. The number of aromatic nitrogens is 2. The van der Waals surface area contributed by atoms with E-state index in [9.17, 15) is 4.79 Å². The summed E-state index contributed by atoms with van der Waals surface area (Å²) in [6.07, 6.45) is 2.08. The minimum Gasteiger partial charge on any atom is -0.325 e. The van der Waals surface area contributed by atoms with Crippen LogP contribution in [0.15, 0.2) is 59.9 Å². The van der Waals surface area contributed by atoms with Crippen LogP contribution in [0.2, 0.25) is 0 Å². The van der Waals surface area contributed by atoms with Crippen molar-refractivity contribution in [3.05, 3.63) is 63.9 Å². The Morgan fingerprint density at radius 2 is 2.08 bits per heavy atom. The van der Waals surface area contributed by atoms with Crippen molar-refractivity contribution in [2.24, 2.45) is 0 Å². The molecule has 0 unspecified atom stereocenters. The number of thioether (sulfide) groups is 1. The molecule has 2 aromatic carbocycles. The largest absolute Gasteiger partial charge is 0.325 e. The lowest BCUT2D eigenvalue weighted by Crippen LogP contribution is -2.13. The van der Waals surface area contributed by atoms with E-state index >= 15 is 0 Å². The van der Waals surface area contributed by atoms with Crippen LogP contribution in [0.1, 0.15) is 10.4 Å². The first-order chi connectivity index (χ1) is 11.7. The van der Waals surface area contributed by atoms with Crippen LogP contribution in [0.3, 0.4) is 0 Å². The highest BCUT2D eigenvalue weighted by molar-refractivity contribution is 14.1. The molecule has 0 fully saturated rings. The summed E-state index contributed by atoms with van der Waals surface area (Å²) in [6, 6.07) is 15.4.